The highest BCUT2D eigenvalue weighted by Crippen LogP contribution is 2.54. The van der Waals surface area contributed by atoms with Crippen LogP contribution in [0.5, 0.6) is 17.2 Å². The topological polar surface area (TPSA) is 53.7 Å². The molecule has 1 aromatic carbocycles. The van der Waals surface area contributed by atoms with Crippen molar-refractivity contribution < 1.29 is 14.2 Å². The van der Waals surface area contributed by atoms with E-state index in [-0.39, 0.29) is 18.2 Å². The third-order valence-corrected chi connectivity index (χ3v) is 3.89. The molecule has 0 radical (unpaired) electrons. The minimum atomic E-state index is 0.105. The van der Waals surface area contributed by atoms with Gasteiger partial charge in [-0.25, -0.2) is 0 Å². The molecule has 92 valence electrons. The van der Waals surface area contributed by atoms with E-state index in [2.05, 4.69) is 6.92 Å². The standard InChI is InChI=1S/C13H17NO3/c1-8(14)13(3-4-13)9-5-10(15-2)12-11(6-9)16-7-17-12/h5-6,8H,3-4,7,14H2,1-2H3. The Kier molecular flexibility index (Phi) is 2.23. The lowest BCUT2D eigenvalue weighted by atomic mass is 9.89. The van der Waals surface area contributed by atoms with Gasteiger partial charge in [-0.05, 0) is 37.5 Å². The van der Waals surface area contributed by atoms with Crippen molar-refractivity contribution in [2.45, 2.75) is 31.2 Å². The van der Waals surface area contributed by atoms with Gasteiger partial charge in [0.05, 0.1) is 7.11 Å². The molecule has 1 fully saturated rings. The second-order valence-electron chi connectivity index (χ2n) is 4.86. The Balaban J connectivity index is 2.07. The lowest BCUT2D eigenvalue weighted by Gasteiger charge is -2.21. The Labute approximate surface area is 101 Å². The Hall–Kier alpha value is -1.42. The summed E-state index contributed by atoms with van der Waals surface area (Å²) in [6.07, 6.45) is 2.26. The van der Waals surface area contributed by atoms with Crippen molar-refractivity contribution in [1.29, 1.82) is 0 Å². The molecule has 0 amide bonds. The van der Waals surface area contributed by atoms with Crippen LogP contribution in [-0.4, -0.2) is 19.9 Å². The molecule has 0 spiro atoms. The van der Waals surface area contributed by atoms with Gasteiger partial charge in [0.2, 0.25) is 12.5 Å². The largest absolute Gasteiger partial charge is 0.493 e. The molecule has 1 saturated carbocycles. The van der Waals surface area contributed by atoms with Gasteiger partial charge in [0, 0.05) is 11.5 Å². The molecule has 1 atom stereocenters. The van der Waals surface area contributed by atoms with Gasteiger partial charge < -0.3 is 19.9 Å². The van der Waals surface area contributed by atoms with Crippen molar-refractivity contribution >= 4 is 0 Å². The molecule has 1 aromatic rings. The monoisotopic (exact) mass is 235 g/mol. The molecule has 0 aromatic heterocycles. The van der Waals surface area contributed by atoms with E-state index in [1.54, 1.807) is 7.11 Å². The zero-order valence-electron chi connectivity index (χ0n) is 10.2. The molecule has 1 unspecified atom stereocenters. The van der Waals surface area contributed by atoms with E-state index >= 15 is 0 Å². The number of fused-ring (bicyclic) bond motifs is 1. The minimum absolute atomic E-state index is 0.105. The summed E-state index contributed by atoms with van der Waals surface area (Å²) < 4.78 is 16.2. The molecule has 1 aliphatic carbocycles. The normalized spacial score (nSPS) is 21.1. The first-order valence-electron chi connectivity index (χ1n) is 5.91. The Morgan fingerprint density at radius 3 is 2.71 bits per heavy atom. The van der Waals surface area contributed by atoms with Crippen LogP contribution in [0.25, 0.3) is 0 Å². The Morgan fingerprint density at radius 1 is 1.35 bits per heavy atom. The van der Waals surface area contributed by atoms with Crippen LogP contribution < -0.4 is 19.9 Å². The second-order valence-corrected chi connectivity index (χ2v) is 4.86. The zero-order chi connectivity index (χ0) is 12.0. The van der Waals surface area contributed by atoms with E-state index in [4.69, 9.17) is 19.9 Å². The Bertz CT molecular complexity index is 452. The van der Waals surface area contributed by atoms with Gasteiger partial charge in [0.1, 0.15) is 0 Å². The lowest BCUT2D eigenvalue weighted by Crippen LogP contribution is -2.31. The van der Waals surface area contributed by atoms with E-state index < -0.39 is 0 Å². The molecular formula is C13H17NO3. The number of methoxy groups -OCH3 is 1. The second kappa shape index (κ2) is 3.53. The fourth-order valence-corrected chi connectivity index (χ4v) is 2.56. The lowest BCUT2D eigenvalue weighted by molar-refractivity contribution is 0.171. The molecule has 1 heterocycles. The minimum Gasteiger partial charge on any atom is -0.493 e. The van der Waals surface area contributed by atoms with E-state index in [0.717, 1.165) is 24.3 Å². The predicted octanol–water partition coefficient (Wildman–Crippen LogP) is 1.80. The number of benzene rings is 1. The average molecular weight is 235 g/mol. The molecule has 3 rings (SSSR count). The van der Waals surface area contributed by atoms with Gasteiger partial charge in [0.15, 0.2) is 11.5 Å². The smallest absolute Gasteiger partial charge is 0.231 e. The highest BCUT2D eigenvalue weighted by Gasteiger charge is 2.48. The first-order chi connectivity index (χ1) is 8.17. The molecule has 2 aliphatic rings. The molecule has 1 aliphatic heterocycles. The van der Waals surface area contributed by atoms with E-state index in [1.165, 1.54) is 5.56 Å². The number of rotatable bonds is 3. The molecular weight excluding hydrogens is 218 g/mol. The predicted molar refractivity (Wildman–Crippen MR) is 63.7 cm³/mol. The van der Waals surface area contributed by atoms with Crippen molar-refractivity contribution in [3.05, 3.63) is 17.7 Å². The van der Waals surface area contributed by atoms with Crippen molar-refractivity contribution in [3.63, 3.8) is 0 Å². The molecule has 17 heavy (non-hydrogen) atoms. The number of hydrogen-bond donors (Lipinski definition) is 1. The SMILES string of the molecule is COc1cc(C2(C(C)N)CC2)cc2c1OCO2. The van der Waals surface area contributed by atoms with Crippen LogP contribution >= 0.6 is 0 Å². The maximum atomic E-state index is 6.09. The number of hydrogen-bond acceptors (Lipinski definition) is 4. The molecule has 0 bridgehead atoms. The van der Waals surface area contributed by atoms with Crippen LogP contribution in [0.15, 0.2) is 12.1 Å². The van der Waals surface area contributed by atoms with Crippen LogP contribution in [0.1, 0.15) is 25.3 Å². The van der Waals surface area contributed by atoms with Crippen LogP contribution in [0.4, 0.5) is 0 Å². The zero-order valence-corrected chi connectivity index (χ0v) is 10.2. The number of nitrogens with two attached hydrogens (primary N) is 1. The summed E-state index contributed by atoms with van der Waals surface area (Å²) in [6.45, 7) is 2.32. The summed E-state index contributed by atoms with van der Waals surface area (Å²) in [4.78, 5) is 0. The number of ether oxygens (including phenoxy) is 3. The summed E-state index contributed by atoms with van der Waals surface area (Å²) in [5, 5.41) is 0. The highest BCUT2D eigenvalue weighted by atomic mass is 16.7. The van der Waals surface area contributed by atoms with E-state index in [0.29, 0.717) is 5.75 Å². The van der Waals surface area contributed by atoms with Crippen molar-refractivity contribution in [2.24, 2.45) is 5.73 Å². The summed E-state index contributed by atoms with van der Waals surface area (Å²) in [6, 6.07) is 4.22. The van der Waals surface area contributed by atoms with Gasteiger partial charge in [-0.3, -0.25) is 0 Å². The quantitative estimate of drug-likeness (QED) is 0.868. The van der Waals surface area contributed by atoms with Crippen LogP contribution in [0, 0.1) is 0 Å². The molecule has 4 nitrogen and oxygen atoms in total. The fourth-order valence-electron chi connectivity index (χ4n) is 2.56. The van der Waals surface area contributed by atoms with E-state index in [9.17, 15) is 0 Å². The van der Waals surface area contributed by atoms with Gasteiger partial charge in [0.25, 0.3) is 0 Å². The molecule has 0 saturated heterocycles. The third kappa shape index (κ3) is 1.47. The van der Waals surface area contributed by atoms with Crippen LogP contribution in [0.3, 0.4) is 0 Å². The van der Waals surface area contributed by atoms with Gasteiger partial charge in [-0.15, -0.1) is 0 Å². The summed E-state index contributed by atoms with van der Waals surface area (Å²) in [5.41, 5.74) is 7.40. The van der Waals surface area contributed by atoms with Crippen molar-refractivity contribution in [1.82, 2.24) is 0 Å². The highest BCUT2D eigenvalue weighted by molar-refractivity contribution is 5.57. The van der Waals surface area contributed by atoms with Crippen molar-refractivity contribution in [3.8, 4) is 17.2 Å². The fraction of sp³-hybridized carbons (Fsp3) is 0.538. The van der Waals surface area contributed by atoms with Crippen LogP contribution in [-0.2, 0) is 5.41 Å². The summed E-state index contributed by atoms with van der Waals surface area (Å²) in [5.74, 6) is 2.21. The maximum Gasteiger partial charge on any atom is 0.231 e. The van der Waals surface area contributed by atoms with Gasteiger partial charge in [-0.1, -0.05) is 0 Å². The first kappa shape index (κ1) is 10.7. The third-order valence-electron chi connectivity index (χ3n) is 3.89. The van der Waals surface area contributed by atoms with Gasteiger partial charge in [-0.2, -0.15) is 0 Å². The maximum absolute atomic E-state index is 6.09. The van der Waals surface area contributed by atoms with Crippen LogP contribution in [0.2, 0.25) is 0 Å². The molecule has 4 heteroatoms. The van der Waals surface area contributed by atoms with Crippen molar-refractivity contribution in [2.75, 3.05) is 13.9 Å². The Morgan fingerprint density at radius 2 is 2.12 bits per heavy atom. The summed E-state index contributed by atoms with van der Waals surface area (Å²) >= 11 is 0. The average Bonchev–Trinajstić information content (AvgIpc) is 3.01. The van der Waals surface area contributed by atoms with E-state index in [1.807, 2.05) is 12.1 Å². The molecule has 2 N–H and O–H groups in total. The van der Waals surface area contributed by atoms with Gasteiger partial charge >= 0.3 is 0 Å². The summed E-state index contributed by atoms with van der Waals surface area (Å²) in [7, 11) is 1.65. The first-order valence-corrected chi connectivity index (χ1v) is 5.91.